The van der Waals surface area contributed by atoms with Crippen molar-refractivity contribution in [3.63, 3.8) is 0 Å². The number of rotatable bonds is 2. The molecular formula is C15H10F2O. The Morgan fingerprint density at radius 1 is 0.833 bits per heavy atom. The summed E-state index contributed by atoms with van der Waals surface area (Å²) in [4.78, 5) is 0. The fourth-order valence-corrected chi connectivity index (χ4v) is 1.98. The Morgan fingerprint density at radius 3 is 2.39 bits per heavy atom. The van der Waals surface area contributed by atoms with Crippen molar-refractivity contribution in [3.05, 3.63) is 72.0 Å². The van der Waals surface area contributed by atoms with Crippen LogP contribution in [0.3, 0.4) is 0 Å². The molecule has 18 heavy (non-hydrogen) atoms. The molecule has 0 saturated carbocycles. The predicted molar refractivity (Wildman–Crippen MR) is 65.7 cm³/mol. The monoisotopic (exact) mass is 244 g/mol. The molecule has 0 spiro atoms. The Morgan fingerprint density at radius 2 is 1.61 bits per heavy atom. The molecule has 1 heterocycles. The summed E-state index contributed by atoms with van der Waals surface area (Å²) in [5.41, 5.74) is 0.582. The molecule has 2 aromatic carbocycles. The minimum absolute atomic E-state index is 0.00663. The summed E-state index contributed by atoms with van der Waals surface area (Å²) in [6.45, 7) is 0. The van der Waals surface area contributed by atoms with E-state index in [1.54, 1.807) is 30.3 Å². The van der Waals surface area contributed by atoms with E-state index in [0.717, 1.165) is 0 Å². The molecular weight excluding hydrogens is 234 g/mol. The van der Waals surface area contributed by atoms with E-state index in [9.17, 15) is 8.78 Å². The van der Waals surface area contributed by atoms with Gasteiger partial charge in [-0.2, -0.15) is 8.78 Å². The van der Waals surface area contributed by atoms with Crippen LogP contribution in [0.15, 0.2) is 65.3 Å². The van der Waals surface area contributed by atoms with E-state index in [1.807, 2.05) is 0 Å². The first kappa shape index (κ1) is 11.0. The van der Waals surface area contributed by atoms with Crippen molar-refractivity contribution < 1.29 is 13.2 Å². The van der Waals surface area contributed by atoms with E-state index in [0.29, 0.717) is 11.0 Å². The maximum atomic E-state index is 14.3. The van der Waals surface area contributed by atoms with E-state index in [4.69, 9.17) is 4.42 Å². The molecule has 3 aromatic rings. The number of furan rings is 1. The van der Waals surface area contributed by atoms with E-state index in [1.165, 1.54) is 30.5 Å². The standard InChI is InChI=1S/C15H10F2O/c16-15(17,12-4-2-1-3-5-12)13-6-7-14-11(10-13)8-9-18-14/h1-10H. The van der Waals surface area contributed by atoms with Crippen molar-refractivity contribution in [2.45, 2.75) is 5.92 Å². The Kier molecular flexibility index (Phi) is 2.40. The van der Waals surface area contributed by atoms with Gasteiger partial charge in [-0.05, 0) is 24.3 Å². The highest BCUT2D eigenvalue weighted by atomic mass is 19.3. The molecule has 0 saturated heterocycles. The van der Waals surface area contributed by atoms with Crippen LogP contribution >= 0.6 is 0 Å². The third-order valence-electron chi connectivity index (χ3n) is 2.95. The minimum atomic E-state index is -2.99. The zero-order valence-electron chi connectivity index (χ0n) is 9.44. The molecule has 0 aliphatic rings. The Bertz CT molecular complexity index is 671. The van der Waals surface area contributed by atoms with Gasteiger partial charge >= 0.3 is 0 Å². The second-order valence-corrected chi connectivity index (χ2v) is 4.11. The van der Waals surface area contributed by atoms with Crippen LogP contribution in [0.4, 0.5) is 8.78 Å². The van der Waals surface area contributed by atoms with Crippen LogP contribution in [0.2, 0.25) is 0 Å². The van der Waals surface area contributed by atoms with Gasteiger partial charge in [0.05, 0.1) is 6.26 Å². The third kappa shape index (κ3) is 1.68. The van der Waals surface area contributed by atoms with Gasteiger partial charge in [-0.1, -0.05) is 30.3 Å². The normalized spacial score (nSPS) is 11.9. The summed E-state index contributed by atoms with van der Waals surface area (Å²) < 4.78 is 33.7. The summed E-state index contributed by atoms with van der Waals surface area (Å²) in [7, 11) is 0. The summed E-state index contributed by atoms with van der Waals surface area (Å²) in [5.74, 6) is -2.99. The van der Waals surface area contributed by atoms with Crippen LogP contribution in [0, 0.1) is 0 Å². The van der Waals surface area contributed by atoms with Crippen molar-refractivity contribution in [2.24, 2.45) is 0 Å². The molecule has 1 aromatic heterocycles. The highest BCUT2D eigenvalue weighted by Crippen LogP contribution is 2.36. The summed E-state index contributed by atoms with van der Waals surface area (Å²) in [5, 5.41) is 0.683. The second-order valence-electron chi connectivity index (χ2n) is 4.11. The van der Waals surface area contributed by atoms with Gasteiger partial charge < -0.3 is 4.42 Å². The number of hydrogen-bond acceptors (Lipinski definition) is 1. The Hall–Kier alpha value is -2.16. The fourth-order valence-electron chi connectivity index (χ4n) is 1.98. The number of benzene rings is 2. The molecule has 0 unspecified atom stereocenters. The topological polar surface area (TPSA) is 13.1 Å². The molecule has 0 fully saturated rings. The maximum Gasteiger partial charge on any atom is 0.298 e. The van der Waals surface area contributed by atoms with Gasteiger partial charge in [-0.3, -0.25) is 0 Å². The number of halogens is 2. The number of hydrogen-bond donors (Lipinski definition) is 0. The van der Waals surface area contributed by atoms with Crippen LogP contribution in [-0.2, 0) is 5.92 Å². The number of alkyl halides is 2. The highest BCUT2D eigenvalue weighted by Gasteiger charge is 2.33. The molecule has 0 bridgehead atoms. The molecule has 0 N–H and O–H groups in total. The molecule has 3 rings (SSSR count). The molecule has 1 nitrogen and oxygen atoms in total. The van der Waals surface area contributed by atoms with Crippen molar-refractivity contribution in [1.82, 2.24) is 0 Å². The lowest BCUT2D eigenvalue weighted by molar-refractivity contribution is 0.0430. The summed E-state index contributed by atoms with van der Waals surface area (Å²) in [6, 6.07) is 13.9. The van der Waals surface area contributed by atoms with Gasteiger partial charge in [0, 0.05) is 16.5 Å². The van der Waals surface area contributed by atoms with Crippen LogP contribution < -0.4 is 0 Å². The summed E-state index contributed by atoms with van der Waals surface area (Å²) >= 11 is 0. The predicted octanol–water partition coefficient (Wildman–Crippen LogP) is 4.57. The van der Waals surface area contributed by atoms with E-state index < -0.39 is 5.92 Å². The smallest absolute Gasteiger partial charge is 0.298 e. The molecule has 0 aliphatic carbocycles. The molecule has 0 amide bonds. The number of fused-ring (bicyclic) bond motifs is 1. The van der Waals surface area contributed by atoms with Gasteiger partial charge in [-0.15, -0.1) is 0 Å². The van der Waals surface area contributed by atoms with Crippen molar-refractivity contribution >= 4 is 11.0 Å². The third-order valence-corrected chi connectivity index (χ3v) is 2.95. The Balaban J connectivity index is 2.12. The zero-order chi connectivity index (χ0) is 12.6. The fraction of sp³-hybridized carbons (Fsp3) is 0.0667. The van der Waals surface area contributed by atoms with Gasteiger partial charge in [0.15, 0.2) is 0 Å². The molecule has 3 heteroatoms. The van der Waals surface area contributed by atoms with Gasteiger partial charge in [0.1, 0.15) is 5.58 Å². The maximum absolute atomic E-state index is 14.3. The molecule has 90 valence electrons. The molecule has 0 atom stereocenters. The lowest BCUT2D eigenvalue weighted by atomic mass is 9.99. The zero-order valence-corrected chi connectivity index (χ0v) is 9.44. The largest absolute Gasteiger partial charge is 0.464 e. The van der Waals surface area contributed by atoms with Crippen molar-refractivity contribution in [1.29, 1.82) is 0 Å². The van der Waals surface area contributed by atoms with Crippen LogP contribution in [0.25, 0.3) is 11.0 Å². The highest BCUT2D eigenvalue weighted by molar-refractivity contribution is 5.78. The average molecular weight is 244 g/mol. The first-order valence-corrected chi connectivity index (χ1v) is 5.59. The van der Waals surface area contributed by atoms with Gasteiger partial charge in [0.25, 0.3) is 5.92 Å². The van der Waals surface area contributed by atoms with Gasteiger partial charge in [0.2, 0.25) is 0 Å². The first-order valence-electron chi connectivity index (χ1n) is 5.59. The lowest BCUT2D eigenvalue weighted by Crippen LogP contribution is -2.14. The minimum Gasteiger partial charge on any atom is -0.464 e. The van der Waals surface area contributed by atoms with Crippen molar-refractivity contribution in [3.8, 4) is 0 Å². The second kappa shape index (κ2) is 3.95. The van der Waals surface area contributed by atoms with Gasteiger partial charge in [-0.25, -0.2) is 0 Å². The van der Waals surface area contributed by atoms with Crippen LogP contribution in [0.5, 0.6) is 0 Å². The Labute approximate surface area is 103 Å². The SMILES string of the molecule is FC(F)(c1ccccc1)c1ccc2occc2c1. The summed E-state index contributed by atoms with van der Waals surface area (Å²) in [6.07, 6.45) is 1.50. The lowest BCUT2D eigenvalue weighted by Gasteiger charge is -2.17. The van der Waals surface area contributed by atoms with E-state index >= 15 is 0 Å². The molecule has 0 aliphatic heterocycles. The van der Waals surface area contributed by atoms with Crippen molar-refractivity contribution in [2.75, 3.05) is 0 Å². The van der Waals surface area contributed by atoms with Crippen LogP contribution in [-0.4, -0.2) is 0 Å². The van der Waals surface area contributed by atoms with E-state index in [-0.39, 0.29) is 11.1 Å². The first-order chi connectivity index (χ1) is 8.68. The van der Waals surface area contributed by atoms with E-state index in [2.05, 4.69) is 0 Å². The average Bonchev–Trinajstić information content (AvgIpc) is 2.87. The molecule has 0 radical (unpaired) electrons. The quantitative estimate of drug-likeness (QED) is 0.643. The van der Waals surface area contributed by atoms with Crippen LogP contribution in [0.1, 0.15) is 11.1 Å².